The average molecular weight is 553 g/mol. The Morgan fingerprint density at radius 1 is 0.300 bits per heavy atom. The first-order chi connectivity index (χ1) is 19.3. The third-order valence-electron chi connectivity index (χ3n) is 6.76. The lowest BCUT2D eigenvalue weighted by Crippen LogP contribution is -2.18. The van der Waals surface area contributed by atoms with Gasteiger partial charge in [-0.1, -0.05) is 195 Å². The van der Waals surface area contributed by atoms with Gasteiger partial charge in [-0.05, 0) is 33.4 Å². The van der Waals surface area contributed by atoms with E-state index in [1.807, 2.05) is 0 Å². The summed E-state index contributed by atoms with van der Waals surface area (Å²) in [5.74, 6) is 0. The minimum Gasteiger partial charge on any atom is -0.0902 e. The molecule has 0 aliphatic rings. The first-order valence-corrected chi connectivity index (χ1v) is 20.3. The molecule has 0 aromatic heterocycles. The van der Waals surface area contributed by atoms with Gasteiger partial charge in [0, 0.05) is 0 Å². The molecule has 0 saturated carbocycles. The highest BCUT2D eigenvalue weighted by Gasteiger charge is 2.12. The molecule has 4 aromatic carbocycles. The fourth-order valence-corrected chi connectivity index (χ4v) is 6.82. The fourth-order valence-electron chi connectivity index (χ4n) is 4.11. The second kappa shape index (κ2) is 13.9. The van der Waals surface area contributed by atoms with Crippen molar-refractivity contribution in [2.45, 2.75) is 26.2 Å². The fraction of sp³-hybridized carbons (Fsp3) is 0.105. The molecule has 0 aliphatic carbocycles. The first-order valence-electron chi connectivity index (χ1n) is 14.0. The summed E-state index contributed by atoms with van der Waals surface area (Å²) >= 11 is 0. The first kappa shape index (κ1) is 29.0. The molecule has 4 aromatic rings. The second-order valence-corrected chi connectivity index (χ2v) is 20.1. The molecule has 2 heteroatoms. The minimum absolute atomic E-state index is 1.21. The van der Waals surface area contributed by atoms with Crippen molar-refractivity contribution in [3.8, 4) is 0 Å². The largest absolute Gasteiger partial charge is 0.0954 e. The van der Waals surface area contributed by atoms with Gasteiger partial charge < -0.3 is 0 Å². The van der Waals surface area contributed by atoms with Crippen LogP contribution < -0.4 is 0 Å². The molecule has 0 N–H and O–H groups in total. The zero-order chi connectivity index (χ0) is 28.3. The van der Waals surface area contributed by atoms with Crippen LogP contribution in [0, 0.1) is 0 Å². The maximum absolute atomic E-state index is 2.40. The van der Waals surface area contributed by atoms with Crippen LogP contribution in [0.4, 0.5) is 0 Å². The molecule has 0 atom stereocenters. The van der Waals surface area contributed by atoms with Gasteiger partial charge >= 0.3 is 0 Å². The van der Waals surface area contributed by atoms with Gasteiger partial charge in [0.2, 0.25) is 0 Å². The van der Waals surface area contributed by atoms with Gasteiger partial charge in [0.05, 0.1) is 16.1 Å². The molecule has 0 nitrogen and oxygen atoms in total. The summed E-state index contributed by atoms with van der Waals surface area (Å²) in [4.78, 5) is 0. The topological polar surface area (TPSA) is 0 Å². The third-order valence-corrected chi connectivity index (χ3v) is 10.9. The Labute approximate surface area is 243 Å². The van der Waals surface area contributed by atoms with E-state index in [0.717, 1.165) is 0 Å². The van der Waals surface area contributed by atoms with E-state index in [4.69, 9.17) is 0 Å². The quantitative estimate of drug-likeness (QED) is 0.136. The Morgan fingerprint density at radius 3 is 0.800 bits per heavy atom. The Hall–Kier alpha value is -3.99. The summed E-state index contributed by atoms with van der Waals surface area (Å²) in [6, 6.07) is 38.6. The van der Waals surface area contributed by atoms with Crippen LogP contribution in [0.3, 0.4) is 0 Å². The molecule has 0 spiro atoms. The Kier molecular flexibility index (Phi) is 10.1. The van der Waals surface area contributed by atoms with Gasteiger partial charge in [-0.15, -0.1) is 0 Å². The van der Waals surface area contributed by atoms with Crippen LogP contribution in [-0.4, -0.2) is 16.1 Å². The van der Waals surface area contributed by atoms with Crippen LogP contribution in [0.15, 0.2) is 132 Å². The lowest BCUT2D eigenvalue weighted by Gasteiger charge is -2.11. The highest BCUT2D eigenvalue weighted by Crippen LogP contribution is 2.17. The Morgan fingerprint density at radius 2 is 0.525 bits per heavy atom. The van der Waals surface area contributed by atoms with E-state index in [-0.39, 0.29) is 0 Å². The molecule has 0 heterocycles. The normalized spacial score (nSPS) is 13.0. The monoisotopic (exact) mass is 552 g/mol. The lowest BCUT2D eigenvalue weighted by molar-refractivity contribution is 1.61. The lowest BCUT2D eigenvalue weighted by atomic mass is 10.1. The van der Waals surface area contributed by atoms with Crippen LogP contribution in [0.25, 0.3) is 36.5 Å². The second-order valence-electron chi connectivity index (χ2n) is 11.5. The highest BCUT2D eigenvalue weighted by molar-refractivity contribution is 6.88. The van der Waals surface area contributed by atoms with E-state index in [1.165, 1.54) is 33.4 Å². The van der Waals surface area contributed by atoms with Gasteiger partial charge in [0.15, 0.2) is 0 Å². The van der Waals surface area contributed by atoms with Gasteiger partial charge in [0.1, 0.15) is 0 Å². The van der Waals surface area contributed by atoms with Crippen LogP contribution in [-0.2, 0) is 0 Å². The van der Waals surface area contributed by atoms with E-state index >= 15 is 0 Å². The van der Waals surface area contributed by atoms with Crippen molar-refractivity contribution in [1.29, 1.82) is 0 Å². The summed E-state index contributed by atoms with van der Waals surface area (Å²) in [5, 5.41) is 0. The summed E-state index contributed by atoms with van der Waals surface area (Å²) in [6.07, 6.45) is 13.4. The number of hydrogen-bond donors (Lipinski definition) is 0. The van der Waals surface area contributed by atoms with Crippen molar-refractivity contribution in [2.24, 2.45) is 0 Å². The number of hydrogen-bond acceptors (Lipinski definition) is 0. The predicted molar refractivity (Wildman–Crippen MR) is 186 cm³/mol. The number of benzene rings is 4. The van der Waals surface area contributed by atoms with E-state index in [2.05, 4.69) is 195 Å². The molecular formula is C38H40Si2. The summed E-state index contributed by atoms with van der Waals surface area (Å²) in [7, 11) is -3.13. The molecular weight excluding hydrogens is 513 g/mol. The average Bonchev–Trinajstić information content (AvgIpc) is 2.98. The van der Waals surface area contributed by atoms with Crippen molar-refractivity contribution in [3.63, 3.8) is 0 Å². The van der Waals surface area contributed by atoms with E-state index < -0.39 is 16.1 Å². The van der Waals surface area contributed by atoms with Crippen molar-refractivity contribution < 1.29 is 0 Å². The van der Waals surface area contributed by atoms with Crippen LogP contribution in [0.5, 0.6) is 0 Å². The molecule has 0 amide bonds. The van der Waals surface area contributed by atoms with Gasteiger partial charge in [-0.3, -0.25) is 0 Å². The smallest absolute Gasteiger partial charge is 0.0902 e. The Balaban J connectivity index is 1.31. The summed E-state index contributed by atoms with van der Waals surface area (Å²) < 4.78 is 0. The molecule has 0 unspecified atom stereocenters. The van der Waals surface area contributed by atoms with E-state index in [0.29, 0.717) is 0 Å². The maximum atomic E-state index is 2.40. The maximum Gasteiger partial charge on any atom is 0.0954 e. The van der Waals surface area contributed by atoms with Crippen molar-refractivity contribution in [2.75, 3.05) is 0 Å². The summed E-state index contributed by atoms with van der Waals surface area (Å²) in [6.45, 7) is 9.47. The molecule has 4 rings (SSSR count). The Bertz CT molecular complexity index is 1370. The van der Waals surface area contributed by atoms with E-state index in [1.54, 1.807) is 0 Å². The predicted octanol–water partition coefficient (Wildman–Crippen LogP) is 10.9. The van der Waals surface area contributed by atoms with Gasteiger partial charge in [-0.2, -0.15) is 0 Å². The molecule has 200 valence electrons. The molecule has 0 bridgehead atoms. The van der Waals surface area contributed by atoms with Crippen molar-refractivity contribution in [1.82, 2.24) is 0 Å². The van der Waals surface area contributed by atoms with Gasteiger partial charge in [-0.25, -0.2) is 0 Å². The molecule has 0 saturated heterocycles. The van der Waals surface area contributed by atoms with Crippen molar-refractivity contribution >= 4 is 52.6 Å². The molecule has 40 heavy (non-hydrogen) atoms. The van der Waals surface area contributed by atoms with Gasteiger partial charge in [0.25, 0.3) is 0 Å². The highest BCUT2D eigenvalue weighted by atomic mass is 28.3. The summed E-state index contributed by atoms with van der Waals surface area (Å²) in [5.41, 5.74) is 17.0. The van der Waals surface area contributed by atoms with E-state index in [9.17, 15) is 0 Å². The third kappa shape index (κ3) is 9.96. The SMILES string of the molecule is C[Si](C)(/C=C/c1ccccc1)/C=C/c1ccc(/C=C/c2ccc(/C=C/[Si](C)(C)/C=C/c3ccccc3)cc2)cc1. The van der Waals surface area contributed by atoms with Crippen LogP contribution in [0.2, 0.25) is 26.2 Å². The van der Waals surface area contributed by atoms with Crippen LogP contribution in [0.1, 0.15) is 33.4 Å². The minimum atomic E-state index is -1.56. The standard InChI is InChI=1S/C38H40Si2/c1-39(2,29-25-33-11-7-5-8-12-33)31-27-37-21-17-35(18-22-37)15-16-36-19-23-38(24-20-36)28-32-40(3,4)30-26-34-13-9-6-10-14-34/h5-32H,1-4H3/b16-15+,29-25+,30-26+,31-27+,32-28+. The van der Waals surface area contributed by atoms with Crippen molar-refractivity contribution in [3.05, 3.63) is 165 Å². The van der Waals surface area contributed by atoms with Crippen LogP contribution >= 0.6 is 0 Å². The zero-order valence-electron chi connectivity index (χ0n) is 24.2. The zero-order valence-corrected chi connectivity index (χ0v) is 26.2. The molecule has 0 radical (unpaired) electrons. The number of rotatable bonds is 10. The molecule has 0 fully saturated rings. The molecule has 0 aliphatic heterocycles.